The van der Waals surface area contributed by atoms with Gasteiger partial charge < -0.3 is 10.1 Å². The van der Waals surface area contributed by atoms with E-state index < -0.39 is 17.1 Å². The molecule has 0 atom stereocenters. The van der Waals surface area contributed by atoms with Crippen LogP contribution >= 0.6 is 11.8 Å². The highest BCUT2D eigenvalue weighted by Gasteiger charge is 2.35. The van der Waals surface area contributed by atoms with Crippen molar-refractivity contribution >= 4 is 46.5 Å². The van der Waals surface area contributed by atoms with Crippen molar-refractivity contribution in [3.8, 4) is 0 Å². The van der Waals surface area contributed by atoms with Crippen molar-refractivity contribution in [1.29, 1.82) is 0 Å². The molecule has 0 aromatic heterocycles. The highest BCUT2D eigenvalue weighted by Crippen LogP contribution is 2.32. The lowest BCUT2D eigenvalue weighted by Gasteiger charge is -2.12. The standard InChI is InChI=1S/C22H20N2O5S/c1-2-29-21(27)16-8-10-17(11-9-16)23-19(25)12-13-24-20(26)18(30-22(24)28)14-15-6-4-3-5-7-15/h3-11,14H,2,12-13H2,1H3,(H,23,25)/b18-14-. The largest absolute Gasteiger partial charge is 0.462 e. The van der Waals surface area contributed by atoms with Crippen molar-refractivity contribution in [2.75, 3.05) is 18.5 Å². The first-order chi connectivity index (χ1) is 14.5. The number of carbonyl (C=O) groups is 4. The van der Waals surface area contributed by atoms with Crippen LogP contribution in [0.15, 0.2) is 59.5 Å². The van der Waals surface area contributed by atoms with Crippen molar-refractivity contribution in [3.05, 3.63) is 70.6 Å². The van der Waals surface area contributed by atoms with E-state index in [0.717, 1.165) is 22.2 Å². The van der Waals surface area contributed by atoms with Gasteiger partial charge in [0, 0.05) is 18.7 Å². The number of benzene rings is 2. The van der Waals surface area contributed by atoms with Crippen LogP contribution < -0.4 is 5.32 Å². The summed E-state index contributed by atoms with van der Waals surface area (Å²) in [5.74, 6) is -1.18. The Morgan fingerprint density at radius 3 is 2.43 bits per heavy atom. The number of thioether (sulfide) groups is 1. The zero-order valence-corrected chi connectivity index (χ0v) is 17.1. The third-order valence-corrected chi connectivity index (χ3v) is 5.12. The molecule has 1 heterocycles. The number of carbonyl (C=O) groups excluding carboxylic acids is 4. The maximum absolute atomic E-state index is 12.5. The Labute approximate surface area is 178 Å². The zero-order valence-electron chi connectivity index (χ0n) is 16.3. The van der Waals surface area contributed by atoms with Crippen LogP contribution in [0.1, 0.15) is 29.3 Å². The molecule has 0 radical (unpaired) electrons. The fourth-order valence-electron chi connectivity index (χ4n) is 2.73. The summed E-state index contributed by atoms with van der Waals surface area (Å²) in [6, 6.07) is 15.5. The van der Waals surface area contributed by atoms with E-state index >= 15 is 0 Å². The van der Waals surface area contributed by atoms with E-state index in [4.69, 9.17) is 4.74 Å². The summed E-state index contributed by atoms with van der Waals surface area (Å²) in [6.45, 7) is 2.00. The number of imide groups is 1. The highest BCUT2D eigenvalue weighted by molar-refractivity contribution is 8.18. The first-order valence-electron chi connectivity index (χ1n) is 9.35. The fraction of sp³-hybridized carbons (Fsp3) is 0.182. The third-order valence-electron chi connectivity index (χ3n) is 4.21. The average molecular weight is 424 g/mol. The number of nitrogens with one attached hydrogen (secondary N) is 1. The molecule has 0 spiro atoms. The van der Waals surface area contributed by atoms with E-state index in [-0.39, 0.29) is 25.5 Å². The Balaban J connectivity index is 1.54. The maximum Gasteiger partial charge on any atom is 0.338 e. The first-order valence-corrected chi connectivity index (χ1v) is 10.2. The van der Waals surface area contributed by atoms with Crippen molar-refractivity contribution in [3.63, 3.8) is 0 Å². The minimum absolute atomic E-state index is 0.0104. The van der Waals surface area contributed by atoms with Crippen LogP contribution in [0.25, 0.3) is 6.08 Å². The van der Waals surface area contributed by atoms with E-state index in [9.17, 15) is 19.2 Å². The molecule has 8 heteroatoms. The highest BCUT2D eigenvalue weighted by atomic mass is 32.2. The van der Waals surface area contributed by atoms with Crippen LogP contribution in [-0.4, -0.2) is 41.1 Å². The normalized spacial score (nSPS) is 14.8. The smallest absolute Gasteiger partial charge is 0.338 e. The number of esters is 1. The average Bonchev–Trinajstić information content (AvgIpc) is 3.00. The second-order valence-corrected chi connectivity index (χ2v) is 7.33. The summed E-state index contributed by atoms with van der Waals surface area (Å²) in [6.07, 6.45) is 1.63. The second-order valence-electron chi connectivity index (χ2n) is 6.34. The second kappa shape index (κ2) is 9.89. The van der Waals surface area contributed by atoms with Crippen LogP contribution in [0.5, 0.6) is 0 Å². The lowest BCUT2D eigenvalue weighted by Crippen LogP contribution is -2.31. The van der Waals surface area contributed by atoms with Crippen LogP contribution in [-0.2, 0) is 14.3 Å². The molecule has 7 nitrogen and oxygen atoms in total. The van der Waals surface area contributed by atoms with E-state index in [0.29, 0.717) is 16.2 Å². The molecule has 0 saturated carbocycles. The SMILES string of the molecule is CCOC(=O)c1ccc(NC(=O)CCN2C(=O)S/C(=C\c3ccccc3)C2=O)cc1. The number of nitrogens with zero attached hydrogens (tertiary/aromatic N) is 1. The van der Waals surface area contributed by atoms with E-state index in [2.05, 4.69) is 5.32 Å². The van der Waals surface area contributed by atoms with E-state index in [1.165, 1.54) is 0 Å². The molecule has 1 aliphatic heterocycles. The van der Waals surface area contributed by atoms with Crippen LogP contribution in [0.4, 0.5) is 10.5 Å². The Morgan fingerprint density at radius 1 is 1.07 bits per heavy atom. The topological polar surface area (TPSA) is 92.8 Å². The first kappa shape index (κ1) is 21.3. The Hall–Kier alpha value is -3.39. The number of anilines is 1. The van der Waals surface area contributed by atoms with Gasteiger partial charge in [0.2, 0.25) is 5.91 Å². The molecule has 154 valence electrons. The Morgan fingerprint density at radius 2 is 1.77 bits per heavy atom. The maximum atomic E-state index is 12.5. The van der Waals surface area contributed by atoms with Gasteiger partial charge in [-0.1, -0.05) is 30.3 Å². The molecule has 30 heavy (non-hydrogen) atoms. The molecule has 2 aromatic rings. The van der Waals surface area contributed by atoms with Crippen molar-refractivity contribution in [2.45, 2.75) is 13.3 Å². The van der Waals surface area contributed by atoms with Gasteiger partial charge in [-0.3, -0.25) is 19.3 Å². The molecule has 1 aliphatic rings. The van der Waals surface area contributed by atoms with Crippen LogP contribution in [0, 0.1) is 0 Å². The summed E-state index contributed by atoms with van der Waals surface area (Å²) in [5.41, 5.74) is 1.72. The lowest BCUT2D eigenvalue weighted by molar-refractivity contribution is -0.123. The van der Waals surface area contributed by atoms with E-state index in [1.807, 2.05) is 30.3 Å². The predicted molar refractivity (Wildman–Crippen MR) is 115 cm³/mol. The summed E-state index contributed by atoms with van der Waals surface area (Å²) in [7, 11) is 0. The number of amides is 3. The zero-order chi connectivity index (χ0) is 21.5. The van der Waals surface area contributed by atoms with Crippen molar-refractivity contribution in [2.24, 2.45) is 0 Å². The number of ether oxygens (including phenoxy) is 1. The van der Waals surface area contributed by atoms with Gasteiger partial charge >= 0.3 is 5.97 Å². The lowest BCUT2D eigenvalue weighted by atomic mass is 10.2. The van der Waals surface area contributed by atoms with Crippen LogP contribution in [0.2, 0.25) is 0 Å². The van der Waals surface area contributed by atoms with E-state index in [1.54, 1.807) is 37.3 Å². The van der Waals surface area contributed by atoms with Crippen molar-refractivity contribution in [1.82, 2.24) is 4.90 Å². The third kappa shape index (κ3) is 5.36. The van der Waals surface area contributed by atoms with Gasteiger partial charge in [0.1, 0.15) is 0 Å². The van der Waals surface area contributed by atoms with Crippen molar-refractivity contribution < 1.29 is 23.9 Å². The van der Waals surface area contributed by atoms with Gasteiger partial charge in [0.25, 0.3) is 11.1 Å². The summed E-state index contributed by atoms with van der Waals surface area (Å²) in [4.78, 5) is 49.9. The minimum atomic E-state index is -0.432. The van der Waals surface area contributed by atoms with Gasteiger partial charge in [-0.25, -0.2) is 4.79 Å². The molecular weight excluding hydrogens is 404 g/mol. The number of hydrogen-bond donors (Lipinski definition) is 1. The molecule has 1 fully saturated rings. The molecule has 1 N–H and O–H groups in total. The molecule has 1 saturated heterocycles. The molecule has 2 aromatic carbocycles. The molecule has 0 aliphatic carbocycles. The summed E-state index contributed by atoms with van der Waals surface area (Å²) in [5, 5.41) is 2.29. The Bertz CT molecular complexity index is 986. The van der Waals surface area contributed by atoms with Gasteiger partial charge in [0.05, 0.1) is 17.1 Å². The predicted octanol–water partition coefficient (Wildman–Crippen LogP) is 3.93. The van der Waals surface area contributed by atoms with Crippen LogP contribution in [0.3, 0.4) is 0 Å². The molecule has 0 bridgehead atoms. The molecule has 0 unspecified atom stereocenters. The monoisotopic (exact) mass is 424 g/mol. The summed E-state index contributed by atoms with van der Waals surface area (Å²) >= 11 is 0.864. The van der Waals surface area contributed by atoms with Gasteiger partial charge in [0.15, 0.2) is 0 Å². The van der Waals surface area contributed by atoms with Gasteiger partial charge in [-0.05, 0) is 54.6 Å². The quantitative estimate of drug-likeness (QED) is 0.535. The Kier molecular flexibility index (Phi) is 7.03. The molecular formula is C22H20N2O5S. The van der Waals surface area contributed by atoms with Gasteiger partial charge in [-0.2, -0.15) is 0 Å². The number of rotatable bonds is 7. The summed E-state index contributed by atoms with van der Waals surface area (Å²) < 4.78 is 4.91. The van der Waals surface area contributed by atoms with Gasteiger partial charge in [-0.15, -0.1) is 0 Å². The number of hydrogen-bond acceptors (Lipinski definition) is 6. The molecule has 3 rings (SSSR count). The molecule has 3 amide bonds. The minimum Gasteiger partial charge on any atom is -0.462 e. The fourth-order valence-corrected chi connectivity index (χ4v) is 3.60.